The maximum atomic E-state index is 12.9. The van der Waals surface area contributed by atoms with Crippen molar-refractivity contribution in [1.29, 1.82) is 0 Å². The number of anilines is 1. The van der Waals surface area contributed by atoms with Gasteiger partial charge in [-0.2, -0.15) is 5.10 Å². The van der Waals surface area contributed by atoms with Crippen LogP contribution in [0.25, 0.3) is 5.65 Å². The van der Waals surface area contributed by atoms with E-state index in [4.69, 9.17) is 4.74 Å². The van der Waals surface area contributed by atoms with E-state index < -0.39 is 0 Å². The SMILES string of the molecule is CC(C)n1nccc1[C@@H]1OCC[C@H]1C(=O)Nc1cnc2ccccn12. The average molecular weight is 339 g/mol. The Morgan fingerprint density at radius 2 is 2.24 bits per heavy atom. The van der Waals surface area contributed by atoms with E-state index in [1.165, 1.54) is 0 Å². The van der Waals surface area contributed by atoms with Crippen molar-refractivity contribution in [2.45, 2.75) is 32.4 Å². The predicted molar refractivity (Wildman–Crippen MR) is 93.2 cm³/mol. The molecule has 1 saturated heterocycles. The van der Waals surface area contributed by atoms with Crippen molar-refractivity contribution in [3.63, 3.8) is 0 Å². The van der Waals surface area contributed by atoms with Gasteiger partial charge in [-0.1, -0.05) is 6.07 Å². The zero-order valence-electron chi connectivity index (χ0n) is 14.3. The Hall–Kier alpha value is -2.67. The van der Waals surface area contributed by atoms with Crippen molar-refractivity contribution in [2.75, 3.05) is 11.9 Å². The molecule has 25 heavy (non-hydrogen) atoms. The fourth-order valence-corrected chi connectivity index (χ4v) is 3.37. The van der Waals surface area contributed by atoms with Crippen LogP contribution in [0.1, 0.15) is 38.1 Å². The van der Waals surface area contributed by atoms with Crippen LogP contribution < -0.4 is 5.32 Å². The third-order valence-electron chi connectivity index (χ3n) is 4.58. The molecule has 3 aromatic rings. The number of ether oxygens (including phenoxy) is 1. The Kier molecular flexibility index (Phi) is 4.01. The van der Waals surface area contributed by atoms with Gasteiger partial charge in [0, 0.05) is 25.0 Å². The van der Waals surface area contributed by atoms with Crippen molar-refractivity contribution in [3.8, 4) is 0 Å². The lowest BCUT2D eigenvalue weighted by Gasteiger charge is -2.20. The number of pyridine rings is 1. The van der Waals surface area contributed by atoms with Crippen LogP contribution in [0.2, 0.25) is 0 Å². The van der Waals surface area contributed by atoms with Crippen LogP contribution in [-0.4, -0.2) is 31.7 Å². The van der Waals surface area contributed by atoms with Crippen LogP contribution in [0.15, 0.2) is 42.9 Å². The molecular formula is C18H21N5O2. The molecule has 7 heteroatoms. The lowest BCUT2D eigenvalue weighted by Crippen LogP contribution is -2.27. The summed E-state index contributed by atoms with van der Waals surface area (Å²) in [7, 11) is 0. The number of carbonyl (C=O) groups is 1. The Morgan fingerprint density at radius 1 is 1.36 bits per heavy atom. The highest BCUT2D eigenvalue weighted by atomic mass is 16.5. The van der Waals surface area contributed by atoms with Crippen LogP contribution in [-0.2, 0) is 9.53 Å². The molecule has 0 aliphatic carbocycles. The summed E-state index contributed by atoms with van der Waals surface area (Å²) in [4.78, 5) is 17.2. The van der Waals surface area contributed by atoms with E-state index in [0.29, 0.717) is 18.8 Å². The first-order valence-electron chi connectivity index (χ1n) is 8.53. The van der Waals surface area contributed by atoms with E-state index in [2.05, 4.69) is 29.2 Å². The number of nitrogens with zero attached hydrogens (tertiary/aromatic N) is 4. The average Bonchev–Trinajstić information content (AvgIpc) is 3.33. The zero-order chi connectivity index (χ0) is 17.4. The highest BCUT2D eigenvalue weighted by molar-refractivity contribution is 5.92. The van der Waals surface area contributed by atoms with Gasteiger partial charge in [-0.05, 0) is 38.5 Å². The normalized spacial score (nSPS) is 20.4. The topological polar surface area (TPSA) is 73.5 Å². The smallest absolute Gasteiger partial charge is 0.231 e. The van der Waals surface area contributed by atoms with Gasteiger partial charge in [-0.25, -0.2) is 4.98 Å². The molecular weight excluding hydrogens is 318 g/mol. The largest absolute Gasteiger partial charge is 0.371 e. The first-order valence-corrected chi connectivity index (χ1v) is 8.53. The van der Waals surface area contributed by atoms with Crippen molar-refractivity contribution >= 4 is 17.4 Å². The molecule has 0 spiro atoms. The van der Waals surface area contributed by atoms with Crippen LogP contribution in [0.3, 0.4) is 0 Å². The molecule has 3 aromatic heterocycles. The summed E-state index contributed by atoms with van der Waals surface area (Å²) >= 11 is 0. The number of nitrogens with one attached hydrogen (secondary N) is 1. The van der Waals surface area contributed by atoms with Crippen LogP contribution in [0, 0.1) is 5.92 Å². The molecule has 4 heterocycles. The number of fused-ring (bicyclic) bond motifs is 1. The van der Waals surface area contributed by atoms with Crippen LogP contribution >= 0.6 is 0 Å². The molecule has 0 aromatic carbocycles. The summed E-state index contributed by atoms with van der Waals surface area (Å²) in [6.45, 7) is 4.71. The molecule has 2 atom stereocenters. The lowest BCUT2D eigenvalue weighted by atomic mass is 9.97. The fourth-order valence-electron chi connectivity index (χ4n) is 3.37. The Balaban J connectivity index is 1.58. The third kappa shape index (κ3) is 2.80. The lowest BCUT2D eigenvalue weighted by molar-refractivity contribution is -0.121. The Labute approximate surface area is 145 Å². The van der Waals surface area contributed by atoms with Gasteiger partial charge in [-0.3, -0.25) is 13.9 Å². The molecule has 0 radical (unpaired) electrons. The molecule has 130 valence electrons. The summed E-state index contributed by atoms with van der Waals surface area (Å²) in [6.07, 6.45) is 5.74. The number of carbonyl (C=O) groups excluding carboxylic acids is 1. The van der Waals surface area contributed by atoms with Crippen molar-refractivity contribution in [1.82, 2.24) is 19.2 Å². The summed E-state index contributed by atoms with van der Waals surface area (Å²) in [5.41, 5.74) is 1.75. The van der Waals surface area contributed by atoms with E-state index in [0.717, 1.165) is 11.3 Å². The summed E-state index contributed by atoms with van der Waals surface area (Å²) < 4.78 is 9.67. The van der Waals surface area contributed by atoms with Gasteiger partial charge in [0.1, 0.15) is 17.6 Å². The highest BCUT2D eigenvalue weighted by Crippen LogP contribution is 2.36. The molecule has 1 amide bonds. The number of amides is 1. The summed E-state index contributed by atoms with van der Waals surface area (Å²) in [5.74, 6) is 0.372. The maximum Gasteiger partial charge on any atom is 0.231 e. The monoisotopic (exact) mass is 339 g/mol. The number of rotatable bonds is 4. The molecule has 1 N–H and O–H groups in total. The fraction of sp³-hybridized carbons (Fsp3) is 0.389. The minimum atomic E-state index is -0.274. The minimum Gasteiger partial charge on any atom is -0.371 e. The summed E-state index contributed by atoms with van der Waals surface area (Å²) in [5, 5.41) is 7.36. The standard InChI is InChI=1S/C18H21N5O2/c1-12(2)23-14(6-8-20-23)17-13(7-10-25-17)18(24)21-16-11-19-15-5-3-4-9-22(15)16/h3-6,8-9,11-13,17H,7,10H2,1-2H3,(H,21,24)/t13-,17-/m1/s1. The molecule has 0 saturated carbocycles. The van der Waals surface area contributed by atoms with E-state index in [1.807, 2.05) is 39.5 Å². The second-order valence-electron chi connectivity index (χ2n) is 6.54. The Morgan fingerprint density at radius 3 is 3.08 bits per heavy atom. The van der Waals surface area contributed by atoms with E-state index >= 15 is 0 Å². The van der Waals surface area contributed by atoms with Crippen molar-refractivity contribution in [3.05, 3.63) is 48.5 Å². The highest BCUT2D eigenvalue weighted by Gasteiger charge is 2.37. The molecule has 0 unspecified atom stereocenters. The number of aromatic nitrogens is 4. The van der Waals surface area contributed by atoms with Gasteiger partial charge in [0.05, 0.1) is 17.8 Å². The molecule has 1 fully saturated rings. The predicted octanol–water partition coefficient (Wildman–Crippen LogP) is 2.83. The first kappa shape index (κ1) is 15.8. The van der Waals surface area contributed by atoms with E-state index in [9.17, 15) is 4.79 Å². The zero-order valence-corrected chi connectivity index (χ0v) is 14.3. The maximum absolute atomic E-state index is 12.9. The molecule has 7 nitrogen and oxygen atoms in total. The second-order valence-corrected chi connectivity index (χ2v) is 6.54. The minimum absolute atomic E-state index is 0.0512. The van der Waals surface area contributed by atoms with Gasteiger partial charge in [0.25, 0.3) is 0 Å². The van der Waals surface area contributed by atoms with Crippen molar-refractivity contribution < 1.29 is 9.53 Å². The first-order chi connectivity index (χ1) is 12.1. The van der Waals surface area contributed by atoms with Gasteiger partial charge in [0.2, 0.25) is 5.91 Å². The molecule has 1 aliphatic rings. The second kappa shape index (κ2) is 6.33. The van der Waals surface area contributed by atoms with Gasteiger partial charge >= 0.3 is 0 Å². The van der Waals surface area contributed by atoms with Crippen LogP contribution in [0.5, 0.6) is 0 Å². The van der Waals surface area contributed by atoms with Crippen molar-refractivity contribution in [2.24, 2.45) is 5.92 Å². The van der Waals surface area contributed by atoms with E-state index in [1.54, 1.807) is 12.4 Å². The molecule has 4 rings (SSSR count). The Bertz CT molecular complexity index is 898. The summed E-state index contributed by atoms with van der Waals surface area (Å²) in [6, 6.07) is 7.88. The van der Waals surface area contributed by atoms with Gasteiger partial charge < -0.3 is 10.1 Å². The third-order valence-corrected chi connectivity index (χ3v) is 4.58. The van der Waals surface area contributed by atoms with Gasteiger partial charge in [0.15, 0.2) is 0 Å². The van der Waals surface area contributed by atoms with E-state index in [-0.39, 0.29) is 24.0 Å². The van der Waals surface area contributed by atoms with Gasteiger partial charge in [-0.15, -0.1) is 0 Å². The van der Waals surface area contributed by atoms with Crippen LogP contribution in [0.4, 0.5) is 5.82 Å². The molecule has 1 aliphatic heterocycles. The number of hydrogen-bond acceptors (Lipinski definition) is 4. The quantitative estimate of drug-likeness (QED) is 0.793. The number of imidazole rings is 1. The number of hydrogen-bond donors (Lipinski definition) is 1. The molecule has 0 bridgehead atoms.